The second-order valence-electron chi connectivity index (χ2n) is 5.16. The maximum Gasteiger partial charge on any atom is 0.144 e. The van der Waals surface area contributed by atoms with Crippen LogP contribution in [0.25, 0.3) is 10.8 Å². The van der Waals surface area contributed by atoms with Crippen LogP contribution in [0.2, 0.25) is 0 Å². The molecular formula is C15H17NOS. The van der Waals surface area contributed by atoms with Gasteiger partial charge in [0.15, 0.2) is 0 Å². The smallest absolute Gasteiger partial charge is 0.144 e. The van der Waals surface area contributed by atoms with E-state index in [9.17, 15) is 4.21 Å². The molecule has 0 aliphatic rings. The van der Waals surface area contributed by atoms with Crippen LogP contribution in [0.5, 0.6) is 0 Å². The molecule has 0 aliphatic heterocycles. The second-order valence-corrected chi connectivity index (χ2v) is 7.10. The SMILES string of the molecule is CC(C)(C)S(=O)/N=C/c1cccc2ccccc12. The molecule has 0 N–H and O–H groups in total. The van der Waals surface area contributed by atoms with Gasteiger partial charge in [0.05, 0.1) is 4.75 Å². The van der Waals surface area contributed by atoms with Crippen LogP contribution in [0.1, 0.15) is 26.3 Å². The van der Waals surface area contributed by atoms with E-state index in [0.717, 1.165) is 10.9 Å². The Morgan fingerprint density at radius 2 is 1.72 bits per heavy atom. The lowest BCUT2D eigenvalue weighted by atomic mass is 10.1. The molecule has 0 aliphatic carbocycles. The Labute approximate surface area is 110 Å². The predicted octanol–water partition coefficient (Wildman–Crippen LogP) is 3.72. The molecule has 0 aromatic heterocycles. The zero-order valence-electron chi connectivity index (χ0n) is 10.9. The summed E-state index contributed by atoms with van der Waals surface area (Å²) in [6.07, 6.45) is 1.71. The summed E-state index contributed by atoms with van der Waals surface area (Å²) in [4.78, 5) is 0. The summed E-state index contributed by atoms with van der Waals surface area (Å²) < 4.78 is 15.7. The van der Waals surface area contributed by atoms with Gasteiger partial charge in [-0.05, 0) is 31.5 Å². The van der Waals surface area contributed by atoms with Gasteiger partial charge in [-0.2, -0.15) is 4.40 Å². The molecule has 0 spiro atoms. The van der Waals surface area contributed by atoms with E-state index in [1.54, 1.807) is 6.21 Å². The van der Waals surface area contributed by atoms with Gasteiger partial charge in [-0.1, -0.05) is 42.5 Å². The summed E-state index contributed by atoms with van der Waals surface area (Å²) in [7, 11) is -1.21. The Morgan fingerprint density at radius 1 is 1.06 bits per heavy atom. The highest BCUT2D eigenvalue weighted by molar-refractivity contribution is 7.85. The third-order valence-corrected chi connectivity index (χ3v) is 3.98. The van der Waals surface area contributed by atoms with Crippen molar-refractivity contribution < 1.29 is 4.21 Å². The van der Waals surface area contributed by atoms with E-state index >= 15 is 0 Å². The molecule has 0 saturated heterocycles. The normalized spacial score (nSPS) is 14.2. The minimum atomic E-state index is -1.21. The molecule has 94 valence electrons. The molecule has 1 unspecified atom stereocenters. The molecule has 3 heteroatoms. The van der Waals surface area contributed by atoms with Crippen molar-refractivity contribution in [3.63, 3.8) is 0 Å². The molecule has 0 heterocycles. The van der Waals surface area contributed by atoms with Gasteiger partial charge >= 0.3 is 0 Å². The van der Waals surface area contributed by atoms with Gasteiger partial charge in [0.2, 0.25) is 0 Å². The highest BCUT2D eigenvalue weighted by atomic mass is 32.2. The van der Waals surface area contributed by atoms with Crippen molar-refractivity contribution in [2.75, 3.05) is 0 Å². The van der Waals surface area contributed by atoms with Gasteiger partial charge in [-0.15, -0.1) is 0 Å². The molecule has 0 bridgehead atoms. The Hall–Kier alpha value is -1.48. The fraction of sp³-hybridized carbons (Fsp3) is 0.267. The third kappa shape index (κ3) is 2.85. The highest BCUT2D eigenvalue weighted by Gasteiger charge is 2.18. The molecule has 0 fully saturated rings. The molecular weight excluding hydrogens is 242 g/mol. The average molecular weight is 259 g/mol. The molecule has 2 rings (SSSR count). The molecule has 2 aromatic carbocycles. The number of rotatable bonds is 2. The molecule has 2 aromatic rings. The van der Waals surface area contributed by atoms with E-state index in [1.165, 1.54) is 5.39 Å². The minimum absolute atomic E-state index is 0.318. The molecule has 0 radical (unpaired) electrons. The lowest BCUT2D eigenvalue weighted by Crippen LogP contribution is -2.19. The van der Waals surface area contributed by atoms with Crippen LogP contribution in [0, 0.1) is 0 Å². The highest BCUT2D eigenvalue weighted by Crippen LogP contribution is 2.18. The van der Waals surface area contributed by atoms with Crippen LogP contribution in [0.3, 0.4) is 0 Å². The van der Waals surface area contributed by atoms with Crippen molar-refractivity contribution in [3.05, 3.63) is 48.0 Å². The summed E-state index contributed by atoms with van der Waals surface area (Å²) in [6, 6.07) is 14.2. The van der Waals surface area contributed by atoms with Crippen molar-refractivity contribution in [2.45, 2.75) is 25.5 Å². The zero-order chi connectivity index (χ0) is 13.2. The van der Waals surface area contributed by atoms with Crippen LogP contribution in [0.4, 0.5) is 0 Å². The first-order chi connectivity index (χ1) is 8.48. The Morgan fingerprint density at radius 3 is 2.44 bits per heavy atom. The van der Waals surface area contributed by atoms with Crippen LogP contribution in [0.15, 0.2) is 46.9 Å². The minimum Gasteiger partial charge on any atom is -0.234 e. The third-order valence-electron chi connectivity index (χ3n) is 2.63. The van der Waals surface area contributed by atoms with Crippen molar-refractivity contribution in [3.8, 4) is 0 Å². The summed E-state index contributed by atoms with van der Waals surface area (Å²) >= 11 is 0. The molecule has 18 heavy (non-hydrogen) atoms. The molecule has 0 amide bonds. The largest absolute Gasteiger partial charge is 0.234 e. The zero-order valence-corrected chi connectivity index (χ0v) is 11.7. The van der Waals surface area contributed by atoms with Crippen LogP contribution < -0.4 is 0 Å². The lowest BCUT2D eigenvalue weighted by molar-refractivity contribution is 0.651. The average Bonchev–Trinajstić information content (AvgIpc) is 2.34. The predicted molar refractivity (Wildman–Crippen MR) is 79.4 cm³/mol. The first kappa shape index (κ1) is 13.0. The van der Waals surface area contributed by atoms with E-state index in [1.807, 2.05) is 45.0 Å². The van der Waals surface area contributed by atoms with Gasteiger partial charge in [-0.25, -0.2) is 4.21 Å². The lowest BCUT2D eigenvalue weighted by Gasteiger charge is -2.12. The van der Waals surface area contributed by atoms with Crippen LogP contribution >= 0.6 is 0 Å². The van der Waals surface area contributed by atoms with E-state index in [2.05, 4.69) is 22.6 Å². The van der Waals surface area contributed by atoms with Crippen molar-refractivity contribution >= 4 is 28.0 Å². The quantitative estimate of drug-likeness (QED) is 0.756. The van der Waals surface area contributed by atoms with Crippen molar-refractivity contribution in [1.82, 2.24) is 0 Å². The van der Waals surface area contributed by atoms with Crippen LogP contribution in [-0.4, -0.2) is 15.2 Å². The number of hydrogen-bond acceptors (Lipinski definition) is 1. The Kier molecular flexibility index (Phi) is 3.62. The Bertz CT molecular complexity index is 606. The summed E-state index contributed by atoms with van der Waals surface area (Å²) in [6.45, 7) is 5.76. The topological polar surface area (TPSA) is 29.4 Å². The first-order valence-electron chi connectivity index (χ1n) is 5.92. The maximum atomic E-state index is 11.9. The fourth-order valence-electron chi connectivity index (χ4n) is 1.63. The number of fused-ring (bicyclic) bond motifs is 1. The van der Waals surface area contributed by atoms with Gasteiger partial charge in [0.25, 0.3) is 0 Å². The molecule has 2 nitrogen and oxygen atoms in total. The summed E-state index contributed by atoms with van der Waals surface area (Å²) in [5, 5.41) is 2.30. The molecule has 0 saturated carbocycles. The fourth-order valence-corrected chi connectivity index (χ4v) is 2.15. The van der Waals surface area contributed by atoms with E-state index < -0.39 is 11.0 Å². The van der Waals surface area contributed by atoms with E-state index in [0.29, 0.717) is 0 Å². The molecule has 1 atom stereocenters. The van der Waals surface area contributed by atoms with Gasteiger partial charge < -0.3 is 0 Å². The van der Waals surface area contributed by atoms with Gasteiger partial charge in [-0.3, -0.25) is 0 Å². The maximum absolute atomic E-state index is 11.9. The van der Waals surface area contributed by atoms with Gasteiger partial charge in [0.1, 0.15) is 11.0 Å². The number of hydrogen-bond donors (Lipinski definition) is 0. The van der Waals surface area contributed by atoms with E-state index in [-0.39, 0.29) is 4.75 Å². The van der Waals surface area contributed by atoms with Gasteiger partial charge in [0, 0.05) is 11.8 Å². The number of benzene rings is 2. The van der Waals surface area contributed by atoms with Crippen LogP contribution in [-0.2, 0) is 11.0 Å². The number of nitrogens with zero attached hydrogens (tertiary/aromatic N) is 1. The standard InChI is InChI=1S/C15H17NOS/c1-15(2,3)18(17)16-11-13-9-6-8-12-7-4-5-10-14(12)13/h4-11H,1-3H3/b16-11+. The van der Waals surface area contributed by atoms with Crippen molar-refractivity contribution in [1.29, 1.82) is 0 Å². The Balaban J connectivity index is 2.38. The first-order valence-corrected chi connectivity index (χ1v) is 7.03. The summed E-state index contributed by atoms with van der Waals surface area (Å²) in [5.74, 6) is 0. The van der Waals surface area contributed by atoms with Crippen molar-refractivity contribution in [2.24, 2.45) is 4.40 Å². The second kappa shape index (κ2) is 5.02. The monoisotopic (exact) mass is 259 g/mol. The van der Waals surface area contributed by atoms with E-state index in [4.69, 9.17) is 0 Å². The summed E-state index contributed by atoms with van der Waals surface area (Å²) in [5.41, 5.74) is 1.01.